The molecule has 0 radical (unpaired) electrons. The third kappa shape index (κ3) is 3.18. The Bertz CT molecular complexity index is 672. The Morgan fingerprint density at radius 1 is 0.727 bits per heavy atom. The fourth-order valence-electron chi connectivity index (χ4n) is 2.09. The summed E-state index contributed by atoms with van der Waals surface area (Å²) in [4.78, 5) is 0. The van der Waals surface area contributed by atoms with E-state index >= 15 is 0 Å². The summed E-state index contributed by atoms with van der Waals surface area (Å²) in [6.07, 6.45) is -9.54. The van der Waals surface area contributed by atoms with E-state index in [4.69, 9.17) is 4.74 Å². The second-order valence-electron chi connectivity index (χ2n) is 4.45. The molecular weight excluding hydrogens is 310 g/mol. The van der Waals surface area contributed by atoms with Crippen LogP contribution >= 0.6 is 0 Å². The summed E-state index contributed by atoms with van der Waals surface area (Å²) in [5.74, 6) is 0.0416. The number of benzene rings is 2. The van der Waals surface area contributed by atoms with Gasteiger partial charge in [-0.2, -0.15) is 26.3 Å². The molecule has 0 fully saturated rings. The molecular formula is C15H10F6O. The lowest BCUT2D eigenvalue weighted by Gasteiger charge is -2.18. The van der Waals surface area contributed by atoms with E-state index in [2.05, 4.69) is 0 Å². The SMILES string of the molecule is COc1ccc(C(F)(F)F)c(-c2ccccc2C(F)(F)F)c1. The van der Waals surface area contributed by atoms with Gasteiger partial charge in [0.1, 0.15) is 5.75 Å². The largest absolute Gasteiger partial charge is 0.497 e. The molecule has 0 aromatic heterocycles. The molecule has 0 atom stereocenters. The zero-order chi connectivity index (χ0) is 16.5. The molecule has 2 aromatic rings. The Morgan fingerprint density at radius 3 is 1.82 bits per heavy atom. The van der Waals surface area contributed by atoms with Crippen molar-refractivity contribution < 1.29 is 31.1 Å². The van der Waals surface area contributed by atoms with Crippen LogP contribution in [0.5, 0.6) is 5.75 Å². The van der Waals surface area contributed by atoms with Gasteiger partial charge in [-0.3, -0.25) is 0 Å². The van der Waals surface area contributed by atoms with Gasteiger partial charge in [0.25, 0.3) is 0 Å². The quantitative estimate of drug-likeness (QED) is 0.673. The van der Waals surface area contributed by atoms with Gasteiger partial charge in [0.15, 0.2) is 0 Å². The van der Waals surface area contributed by atoms with Crippen molar-refractivity contribution in [3.63, 3.8) is 0 Å². The number of hydrogen-bond donors (Lipinski definition) is 0. The standard InChI is InChI=1S/C15H10F6O/c1-22-9-6-7-13(15(19,20)21)11(8-9)10-4-2-3-5-12(10)14(16,17)18/h2-8H,1H3. The fourth-order valence-corrected chi connectivity index (χ4v) is 2.09. The fraction of sp³-hybridized carbons (Fsp3) is 0.200. The summed E-state index contributed by atoms with van der Waals surface area (Å²) < 4.78 is 83.1. The number of methoxy groups -OCH3 is 1. The highest BCUT2D eigenvalue weighted by molar-refractivity contribution is 5.73. The molecule has 2 rings (SSSR count). The zero-order valence-corrected chi connectivity index (χ0v) is 11.2. The van der Waals surface area contributed by atoms with Crippen LogP contribution in [0.1, 0.15) is 11.1 Å². The van der Waals surface area contributed by atoms with E-state index in [0.717, 1.165) is 30.3 Å². The molecule has 0 spiro atoms. The van der Waals surface area contributed by atoms with Crippen LogP contribution in [-0.2, 0) is 12.4 Å². The number of hydrogen-bond acceptors (Lipinski definition) is 1. The molecule has 118 valence electrons. The van der Waals surface area contributed by atoms with Crippen LogP contribution in [0, 0.1) is 0 Å². The molecule has 0 heterocycles. The first kappa shape index (κ1) is 16.2. The van der Waals surface area contributed by atoms with Gasteiger partial charge in [-0.05, 0) is 35.4 Å². The second kappa shape index (κ2) is 5.55. The lowest BCUT2D eigenvalue weighted by Crippen LogP contribution is -2.11. The third-order valence-corrected chi connectivity index (χ3v) is 3.05. The van der Waals surface area contributed by atoms with Crippen molar-refractivity contribution in [1.29, 1.82) is 0 Å². The first-order valence-electron chi connectivity index (χ1n) is 6.06. The Labute approximate surface area is 122 Å². The lowest BCUT2D eigenvalue weighted by molar-refractivity contribution is -0.139. The van der Waals surface area contributed by atoms with Gasteiger partial charge in [0, 0.05) is 0 Å². The molecule has 0 N–H and O–H groups in total. The Morgan fingerprint density at radius 2 is 1.27 bits per heavy atom. The summed E-state index contributed by atoms with van der Waals surface area (Å²) in [6, 6.07) is 6.85. The molecule has 22 heavy (non-hydrogen) atoms. The smallest absolute Gasteiger partial charge is 0.417 e. The Kier molecular flexibility index (Phi) is 4.08. The van der Waals surface area contributed by atoms with Crippen molar-refractivity contribution >= 4 is 0 Å². The summed E-state index contributed by atoms with van der Waals surface area (Å²) in [6.45, 7) is 0. The van der Waals surface area contributed by atoms with Crippen LogP contribution in [0.4, 0.5) is 26.3 Å². The average Bonchev–Trinajstić information content (AvgIpc) is 2.44. The van der Waals surface area contributed by atoms with E-state index < -0.39 is 34.6 Å². The topological polar surface area (TPSA) is 9.23 Å². The van der Waals surface area contributed by atoms with Gasteiger partial charge in [-0.25, -0.2) is 0 Å². The normalized spacial score (nSPS) is 12.3. The molecule has 0 saturated carbocycles. The summed E-state index contributed by atoms with van der Waals surface area (Å²) in [7, 11) is 1.22. The van der Waals surface area contributed by atoms with E-state index in [0.29, 0.717) is 6.07 Å². The number of alkyl halides is 6. The molecule has 0 aliphatic rings. The monoisotopic (exact) mass is 320 g/mol. The molecule has 0 aliphatic carbocycles. The Balaban J connectivity index is 2.77. The maximum atomic E-state index is 13.1. The molecule has 1 nitrogen and oxygen atoms in total. The van der Waals surface area contributed by atoms with Gasteiger partial charge < -0.3 is 4.74 Å². The highest BCUT2D eigenvalue weighted by Gasteiger charge is 2.38. The van der Waals surface area contributed by atoms with Crippen LogP contribution in [0.25, 0.3) is 11.1 Å². The van der Waals surface area contributed by atoms with Crippen molar-refractivity contribution in [2.75, 3.05) is 7.11 Å². The predicted octanol–water partition coefficient (Wildman–Crippen LogP) is 5.40. The summed E-state index contributed by atoms with van der Waals surface area (Å²) >= 11 is 0. The molecule has 0 saturated heterocycles. The number of halogens is 6. The maximum Gasteiger partial charge on any atom is 0.417 e. The van der Waals surface area contributed by atoms with E-state index in [-0.39, 0.29) is 5.75 Å². The third-order valence-electron chi connectivity index (χ3n) is 3.05. The van der Waals surface area contributed by atoms with E-state index in [9.17, 15) is 26.3 Å². The van der Waals surface area contributed by atoms with Crippen molar-refractivity contribution in [1.82, 2.24) is 0 Å². The zero-order valence-electron chi connectivity index (χ0n) is 11.2. The van der Waals surface area contributed by atoms with Crippen molar-refractivity contribution in [2.45, 2.75) is 12.4 Å². The predicted molar refractivity (Wildman–Crippen MR) is 68.4 cm³/mol. The average molecular weight is 320 g/mol. The lowest BCUT2D eigenvalue weighted by atomic mass is 9.94. The molecule has 0 aliphatic heterocycles. The molecule has 0 unspecified atom stereocenters. The highest BCUT2D eigenvalue weighted by atomic mass is 19.4. The molecule has 0 bridgehead atoms. The van der Waals surface area contributed by atoms with Crippen LogP contribution in [0.2, 0.25) is 0 Å². The van der Waals surface area contributed by atoms with E-state index in [1.54, 1.807) is 0 Å². The molecule has 2 aromatic carbocycles. The van der Waals surface area contributed by atoms with Crippen molar-refractivity contribution in [3.05, 3.63) is 53.6 Å². The second-order valence-corrected chi connectivity index (χ2v) is 4.45. The van der Waals surface area contributed by atoms with Crippen LogP contribution in [-0.4, -0.2) is 7.11 Å². The van der Waals surface area contributed by atoms with E-state index in [1.165, 1.54) is 13.2 Å². The minimum absolute atomic E-state index is 0.0416. The van der Waals surface area contributed by atoms with Gasteiger partial charge in [0.05, 0.1) is 18.2 Å². The van der Waals surface area contributed by atoms with Gasteiger partial charge >= 0.3 is 12.4 Å². The summed E-state index contributed by atoms with van der Waals surface area (Å²) in [5, 5.41) is 0. The maximum absolute atomic E-state index is 13.1. The van der Waals surface area contributed by atoms with E-state index in [1.807, 2.05) is 0 Å². The van der Waals surface area contributed by atoms with Crippen molar-refractivity contribution in [2.24, 2.45) is 0 Å². The Hall–Kier alpha value is -2.18. The number of rotatable bonds is 2. The van der Waals surface area contributed by atoms with Crippen LogP contribution in [0.15, 0.2) is 42.5 Å². The summed E-state index contributed by atoms with van der Waals surface area (Å²) in [5.41, 5.74) is -3.39. The van der Waals surface area contributed by atoms with Gasteiger partial charge in [-0.15, -0.1) is 0 Å². The first-order valence-corrected chi connectivity index (χ1v) is 6.06. The minimum atomic E-state index is -4.78. The van der Waals surface area contributed by atoms with Gasteiger partial charge in [-0.1, -0.05) is 18.2 Å². The highest BCUT2D eigenvalue weighted by Crippen LogP contribution is 2.43. The number of ether oxygens (including phenoxy) is 1. The molecule has 0 amide bonds. The van der Waals surface area contributed by atoms with Crippen LogP contribution < -0.4 is 4.74 Å². The van der Waals surface area contributed by atoms with Crippen LogP contribution in [0.3, 0.4) is 0 Å². The van der Waals surface area contributed by atoms with Gasteiger partial charge in [0.2, 0.25) is 0 Å². The van der Waals surface area contributed by atoms with Crippen molar-refractivity contribution in [3.8, 4) is 16.9 Å². The minimum Gasteiger partial charge on any atom is -0.497 e. The molecule has 7 heteroatoms. The first-order chi connectivity index (χ1) is 10.1.